The zero-order valence-corrected chi connectivity index (χ0v) is 5.65. The summed E-state index contributed by atoms with van der Waals surface area (Å²) in [5.74, 6) is -0.614. The zero-order valence-electron chi connectivity index (χ0n) is 5.65. The first-order chi connectivity index (χ1) is 4.84. The molecule has 11 heavy (non-hydrogen) atoms. The van der Waals surface area contributed by atoms with Crippen molar-refractivity contribution in [2.75, 3.05) is 0 Å². The topological polar surface area (TPSA) is 17.1 Å². The molecule has 64 valence electrons. The molecule has 0 bridgehead atoms. The lowest BCUT2D eigenvalue weighted by molar-refractivity contribution is -0.166. The number of ketones is 1. The fourth-order valence-electron chi connectivity index (χ4n) is 0.329. The van der Waals surface area contributed by atoms with Crippen LogP contribution < -0.4 is 0 Å². The summed E-state index contributed by atoms with van der Waals surface area (Å²) < 4.78 is 46.0. The van der Waals surface area contributed by atoms with Gasteiger partial charge in [-0.15, -0.1) is 0 Å². The predicted octanol–water partition coefficient (Wildman–Crippen LogP) is 2.03. The van der Waals surface area contributed by atoms with E-state index in [1.165, 1.54) is 0 Å². The molecule has 1 unspecified atom stereocenters. The van der Waals surface area contributed by atoms with E-state index in [-0.39, 0.29) is 6.08 Å². The van der Waals surface area contributed by atoms with Gasteiger partial charge in [0.05, 0.1) is 0 Å². The molecule has 0 aliphatic rings. The summed E-state index contributed by atoms with van der Waals surface area (Å²) in [6.07, 6.45) is -7.22. The predicted molar refractivity (Wildman–Crippen MR) is 30.8 cm³/mol. The molecular weight excluding hydrogens is 164 g/mol. The Balaban J connectivity index is 4.07. The Hall–Kier alpha value is -0.870. The van der Waals surface area contributed by atoms with Crippen LogP contribution in [0.4, 0.5) is 17.6 Å². The average Bonchev–Trinajstić information content (AvgIpc) is 1.80. The molecule has 0 aliphatic heterocycles. The second-order valence-electron chi connectivity index (χ2n) is 1.91. The van der Waals surface area contributed by atoms with Gasteiger partial charge in [0, 0.05) is 0 Å². The van der Waals surface area contributed by atoms with Crippen LogP contribution in [0.15, 0.2) is 12.2 Å². The molecule has 0 heterocycles. The quantitative estimate of drug-likeness (QED) is 0.457. The van der Waals surface area contributed by atoms with Gasteiger partial charge in [0.2, 0.25) is 6.17 Å². The SMILES string of the molecule is CC(=O)/C=C/C(F)C(F)(F)F. The summed E-state index contributed by atoms with van der Waals surface area (Å²) in [6.45, 7) is 1.04. The summed E-state index contributed by atoms with van der Waals surface area (Å²) in [5, 5.41) is 0. The van der Waals surface area contributed by atoms with Gasteiger partial charge >= 0.3 is 6.18 Å². The molecule has 0 rings (SSSR count). The fourth-order valence-corrected chi connectivity index (χ4v) is 0.329. The Morgan fingerprint density at radius 1 is 1.45 bits per heavy atom. The minimum Gasteiger partial charge on any atom is -0.295 e. The van der Waals surface area contributed by atoms with Crippen LogP contribution >= 0.6 is 0 Å². The highest BCUT2D eigenvalue weighted by atomic mass is 19.4. The van der Waals surface area contributed by atoms with Crippen molar-refractivity contribution in [3.63, 3.8) is 0 Å². The van der Waals surface area contributed by atoms with Gasteiger partial charge in [0.15, 0.2) is 5.78 Å². The minimum absolute atomic E-state index is 0.183. The van der Waals surface area contributed by atoms with Crippen molar-refractivity contribution < 1.29 is 22.4 Å². The molecule has 0 N–H and O–H groups in total. The smallest absolute Gasteiger partial charge is 0.295 e. The zero-order chi connectivity index (χ0) is 9.07. The molecule has 0 aromatic rings. The molecular formula is C6H6F4O. The monoisotopic (exact) mass is 170 g/mol. The van der Waals surface area contributed by atoms with Crippen molar-refractivity contribution in [3.8, 4) is 0 Å². The van der Waals surface area contributed by atoms with Gasteiger partial charge in [-0.05, 0) is 19.1 Å². The van der Waals surface area contributed by atoms with Crippen LogP contribution in [-0.4, -0.2) is 18.1 Å². The Morgan fingerprint density at radius 2 is 1.91 bits per heavy atom. The largest absolute Gasteiger partial charge is 0.423 e. The molecule has 1 atom stereocenters. The number of carbonyl (C=O) groups is 1. The van der Waals surface area contributed by atoms with Crippen LogP contribution in [0, 0.1) is 0 Å². The molecule has 0 fully saturated rings. The molecule has 5 heteroatoms. The molecule has 1 nitrogen and oxygen atoms in total. The van der Waals surface area contributed by atoms with Gasteiger partial charge in [-0.25, -0.2) is 4.39 Å². The van der Waals surface area contributed by atoms with Gasteiger partial charge in [0.25, 0.3) is 0 Å². The van der Waals surface area contributed by atoms with E-state index in [1.807, 2.05) is 0 Å². The molecule has 0 saturated heterocycles. The Bertz CT molecular complexity index is 170. The molecule has 0 amide bonds. The normalized spacial score (nSPS) is 15.4. The van der Waals surface area contributed by atoms with E-state index in [4.69, 9.17) is 0 Å². The highest BCUT2D eigenvalue weighted by molar-refractivity contribution is 5.87. The minimum atomic E-state index is -4.91. The third-order valence-corrected chi connectivity index (χ3v) is 0.813. The maximum absolute atomic E-state index is 11.9. The first kappa shape index (κ1) is 10.1. The first-order valence-electron chi connectivity index (χ1n) is 2.73. The first-order valence-corrected chi connectivity index (χ1v) is 2.73. The summed E-state index contributed by atoms with van der Waals surface area (Å²) in [4.78, 5) is 10.1. The number of hydrogen-bond acceptors (Lipinski definition) is 1. The number of allylic oxidation sites excluding steroid dienone is 2. The maximum atomic E-state index is 11.9. The molecule has 0 radical (unpaired) electrons. The van der Waals surface area contributed by atoms with E-state index < -0.39 is 18.1 Å². The third-order valence-electron chi connectivity index (χ3n) is 0.813. The van der Waals surface area contributed by atoms with Gasteiger partial charge in [-0.3, -0.25) is 4.79 Å². The van der Waals surface area contributed by atoms with E-state index in [0.29, 0.717) is 6.08 Å². The summed E-state index contributed by atoms with van der Waals surface area (Å²) in [7, 11) is 0. The van der Waals surface area contributed by atoms with Crippen LogP contribution in [0.5, 0.6) is 0 Å². The van der Waals surface area contributed by atoms with E-state index in [9.17, 15) is 22.4 Å². The fraction of sp³-hybridized carbons (Fsp3) is 0.500. The molecule has 0 aromatic heterocycles. The van der Waals surface area contributed by atoms with Crippen LogP contribution in [0.25, 0.3) is 0 Å². The summed E-state index contributed by atoms with van der Waals surface area (Å²) in [6, 6.07) is 0. The lowest BCUT2D eigenvalue weighted by Gasteiger charge is -2.06. The van der Waals surface area contributed by atoms with E-state index in [1.54, 1.807) is 0 Å². The van der Waals surface area contributed by atoms with Crippen LogP contribution in [0.1, 0.15) is 6.92 Å². The number of halogens is 4. The molecule has 0 aliphatic carbocycles. The van der Waals surface area contributed by atoms with Gasteiger partial charge in [-0.2, -0.15) is 13.2 Å². The highest BCUT2D eigenvalue weighted by Crippen LogP contribution is 2.23. The Morgan fingerprint density at radius 3 is 2.18 bits per heavy atom. The Kier molecular flexibility index (Phi) is 3.22. The number of carbonyl (C=O) groups excluding carboxylic acids is 1. The lowest BCUT2D eigenvalue weighted by atomic mass is 10.3. The molecule has 0 aromatic carbocycles. The molecule has 0 saturated carbocycles. The maximum Gasteiger partial charge on any atom is 0.423 e. The standard InChI is InChI=1S/C6H6F4O/c1-4(11)2-3-5(7)6(8,9)10/h2-3,5H,1H3/b3-2+. The molecule has 0 spiro atoms. The van der Waals surface area contributed by atoms with Crippen molar-refractivity contribution in [1.29, 1.82) is 0 Å². The average molecular weight is 170 g/mol. The van der Waals surface area contributed by atoms with Crippen molar-refractivity contribution in [2.24, 2.45) is 0 Å². The summed E-state index contributed by atoms with van der Waals surface area (Å²) >= 11 is 0. The highest BCUT2D eigenvalue weighted by Gasteiger charge is 2.37. The second-order valence-corrected chi connectivity index (χ2v) is 1.91. The van der Waals surface area contributed by atoms with E-state index >= 15 is 0 Å². The van der Waals surface area contributed by atoms with Crippen molar-refractivity contribution in [2.45, 2.75) is 19.3 Å². The number of hydrogen-bond donors (Lipinski definition) is 0. The van der Waals surface area contributed by atoms with Crippen molar-refractivity contribution in [1.82, 2.24) is 0 Å². The number of alkyl halides is 4. The lowest BCUT2D eigenvalue weighted by Crippen LogP contribution is -2.21. The third kappa shape index (κ3) is 4.52. The van der Waals surface area contributed by atoms with Gasteiger partial charge < -0.3 is 0 Å². The Labute approximate surface area is 60.7 Å². The second kappa shape index (κ2) is 3.50. The summed E-state index contributed by atoms with van der Waals surface area (Å²) in [5.41, 5.74) is 0. The van der Waals surface area contributed by atoms with Crippen LogP contribution in [0.2, 0.25) is 0 Å². The van der Waals surface area contributed by atoms with Crippen LogP contribution in [-0.2, 0) is 4.79 Å². The van der Waals surface area contributed by atoms with Gasteiger partial charge in [-0.1, -0.05) is 0 Å². The van der Waals surface area contributed by atoms with Gasteiger partial charge in [0.1, 0.15) is 0 Å². The van der Waals surface area contributed by atoms with Crippen LogP contribution in [0.3, 0.4) is 0 Å². The van der Waals surface area contributed by atoms with E-state index in [0.717, 1.165) is 6.92 Å². The van der Waals surface area contributed by atoms with E-state index in [2.05, 4.69) is 0 Å². The van der Waals surface area contributed by atoms with Crippen molar-refractivity contribution in [3.05, 3.63) is 12.2 Å². The number of rotatable bonds is 2. The van der Waals surface area contributed by atoms with Crippen molar-refractivity contribution >= 4 is 5.78 Å².